The second-order valence-electron chi connectivity index (χ2n) is 7.84. The van der Waals surface area contributed by atoms with Crippen molar-refractivity contribution in [3.63, 3.8) is 0 Å². The molecule has 8 heteroatoms. The SMILES string of the molecule is Cc1ccc(-n2c(SCC(=O)NCc3ccc(N(C)C)cc3)nnc2-c2ccncc2)cc1. The summed E-state index contributed by atoms with van der Waals surface area (Å²) in [6.45, 7) is 2.54. The van der Waals surface area contributed by atoms with Gasteiger partial charge in [-0.15, -0.1) is 10.2 Å². The van der Waals surface area contributed by atoms with Crippen molar-refractivity contribution in [3.8, 4) is 17.1 Å². The lowest BCUT2D eigenvalue weighted by atomic mass is 10.2. The van der Waals surface area contributed by atoms with Gasteiger partial charge in [-0.25, -0.2) is 0 Å². The van der Waals surface area contributed by atoms with Crippen LogP contribution in [0.1, 0.15) is 11.1 Å². The lowest BCUT2D eigenvalue weighted by Gasteiger charge is -2.13. The minimum absolute atomic E-state index is 0.0550. The summed E-state index contributed by atoms with van der Waals surface area (Å²) in [5.74, 6) is 0.904. The van der Waals surface area contributed by atoms with E-state index in [0.29, 0.717) is 17.5 Å². The number of aryl methyl sites for hydroxylation is 1. The van der Waals surface area contributed by atoms with Crippen molar-refractivity contribution in [2.45, 2.75) is 18.6 Å². The van der Waals surface area contributed by atoms with E-state index in [0.717, 1.165) is 22.5 Å². The number of rotatable bonds is 8. The highest BCUT2D eigenvalue weighted by atomic mass is 32.2. The van der Waals surface area contributed by atoms with Crippen LogP contribution in [0, 0.1) is 6.92 Å². The van der Waals surface area contributed by atoms with Gasteiger partial charge >= 0.3 is 0 Å². The van der Waals surface area contributed by atoms with E-state index in [9.17, 15) is 4.79 Å². The zero-order valence-electron chi connectivity index (χ0n) is 18.9. The van der Waals surface area contributed by atoms with Gasteiger partial charge in [0.1, 0.15) is 0 Å². The maximum atomic E-state index is 12.5. The zero-order chi connectivity index (χ0) is 23.2. The Balaban J connectivity index is 1.47. The first-order valence-electron chi connectivity index (χ1n) is 10.6. The summed E-state index contributed by atoms with van der Waals surface area (Å²) in [7, 11) is 4.01. The first-order chi connectivity index (χ1) is 16.0. The van der Waals surface area contributed by atoms with E-state index in [1.165, 1.54) is 17.3 Å². The molecule has 4 rings (SSSR count). The Bertz CT molecular complexity index is 1200. The summed E-state index contributed by atoms with van der Waals surface area (Å²) in [5.41, 5.74) is 5.21. The smallest absolute Gasteiger partial charge is 0.230 e. The lowest BCUT2D eigenvalue weighted by molar-refractivity contribution is -0.118. The first kappa shape index (κ1) is 22.5. The second kappa shape index (κ2) is 10.3. The molecule has 168 valence electrons. The van der Waals surface area contributed by atoms with Crippen LogP contribution in [0.5, 0.6) is 0 Å². The third-order valence-electron chi connectivity index (χ3n) is 5.14. The Morgan fingerprint density at radius 3 is 2.33 bits per heavy atom. The van der Waals surface area contributed by atoms with E-state index in [2.05, 4.69) is 20.5 Å². The third kappa shape index (κ3) is 5.59. The van der Waals surface area contributed by atoms with Gasteiger partial charge in [-0.2, -0.15) is 0 Å². The van der Waals surface area contributed by atoms with Crippen molar-refractivity contribution < 1.29 is 4.79 Å². The predicted molar refractivity (Wildman–Crippen MR) is 133 cm³/mol. The van der Waals surface area contributed by atoms with Crippen molar-refractivity contribution in [2.24, 2.45) is 0 Å². The molecule has 0 atom stereocenters. The molecule has 7 nitrogen and oxygen atoms in total. The van der Waals surface area contributed by atoms with E-state index < -0.39 is 0 Å². The molecule has 0 unspecified atom stereocenters. The quantitative estimate of drug-likeness (QED) is 0.401. The average molecular weight is 459 g/mol. The number of nitrogens with zero attached hydrogens (tertiary/aromatic N) is 5. The van der Waals surface area contributed by atoms with Gasteiger partial charge in [0.25, 0.3) is 0 Å². The minimum atomic E-state index is -0.0550. The van der Waals surface area contributed by atoms with Crippen LogP contribution in [-0.2, 0) is 11.3 Å². The van der Waals surface area contributed by atoms with Crippen LogP contribution >= 0.6 is 11.8 Å². The number of anilines is 1. The first-order valence-corrected chi connectivity index (χ1v) is 11.6. The number of hydrogen-bond donors (Lipinski definition) is 1. The van der Waals surface area contributed by atoms with Crippen molar-refractivity contribution in [1.29, 1.82) is 0 Å². The Kier molecular flexibility index (Phi) is 7.04. The zero-order valence-corrected chi connectivity index (χ0v) is 19.7. The summed E-state index contributed by atoms with van der Waals surface area (Å²) < 4.78 is 1.98. The number of aromatic nitrogens is 4. The Hall–Kier alpha value is -3.65. The van der Waals surface area contributed by atoms with Crippen molar-refractivity contribution in [1.82, 2.24) is 25.1 Å². The van der Waals surface area contributed by atoms with Crippen LogP contribution in [0.4, 0.5) is 5.69 Å². The molecule has 33 heavy (non-hydrogen) atoms. The third-order valence-corrected chi connectivity index (χ3v) is 6.07. The van der Waals surface area contributed by atoms with Gasteiger partial charge < -0.3 is 10.2 Å². The molecule has 2 aromatic heterocycles. The van der Waals surface area contributed by atoms with Crippen molar-refractivity contribution >= 4 is 23.4 Å². The number of pyridine rings is 1. The molecule has 0 aliphatic heterocycles. The molecule has 2 heterocycles. The van der Waals surface area contributed by atoms with Crippen LogP contribution in [-0.4, -0.2) is 45.5 Å². The molecule has 0 fully saturated rings. The monoisotopic (exact) mass is 458 g/mol. The van der Waals surface area contributed by atoms with Crippen LogP contribution < -0.4 is 10.2 Å². The normalized spacial score (nSPS) is 10.8. The van der Waals surface area contributed by atoms with E-state index in [4.69, 9.17) is 0 Å². The molecule has 0 aliphatic carbocycles. The number of amides is 1. The van der Waals surface area contributed by atoms with Gasteiger partial charge in [-0.3, -0.25) is 14.3 Å². The van der Waals surface area contributed by atoms with E-state index in [1.54, 1.807) is 12.4 Å². The summed E-state index contributed by atoms with van der Waals surface area (Å²) in [6, 6.07) is 20.1. The predicted octanol–water partition coefficient (Wildman–Crippen LogP) is 4.11. The van der Waals surface area contributed by atoms with Gasteiger partial charge in [-0.05, 0) is 48.9 Å². The summed E-state index contributed by atoms with van der Waals surface area (Å²) >= 11 is 1.37. The number of hydrogen-bond acceptors (Lipinski definition) is 6. The Morgan fingerprint density at radius 1 is 0.970 bits per heavy atom. The van der Waals surface area contributed by atoms with E-state index in [-0.39, 0.29) is 11.7 Å². The van der Waals surface area contributed by atoms with Crippen LogP contribution in [0.2, 0.25) is 0 Å². The Labute approximate surface area is 197 Å². The van der Waals surface area contributed by atoms with Crippen molar-refractivity contribution in [3.05, 3.63) is 84.2 Å². The number of carbonyl (C=O) groups is 1. The number of benzene rings is 2. The molecule has 0 saturated carbocycles. The van der Waals surface area contributed by atoms with Crippen LogP contribution in [0.3, 0.4) is 0 Å². The topological polar surface area (TPSA) is 75.9 Å². The van der Waals surface area contributed by atoms with Gasteiger partial charge in [-0.1, -0.05) is 41.6 Å². The fourth-order valence-electron chi connectivity index (χ4n) is 3.27. The van der Waals surface area contributed by atoms with E-state index in [1.807, 2.05) is 91.1 Å². The minimum Gasteiger partial charge on any atom is -0.378 e. The standard InChI is InChI=1S/C25H26N6OS/c1-18-4-8-22(9-5-18)31-24(20-12-14-26-15-13-20)28-29-25(31)33-17-23(32)27-16-19-6-10-21(11-7-19)30(2)3/h4-15H,16-17H2,1-3H3,(H,27,32). The van der Waals surface area contributed by atoms with Gasteiger partial charge in [0.05, 0.1) is 5.75 Å². The Morgan fingerprint density at radius 2 is 1.67 bits per heavy atom. The lowest BCUT2D eigenvalue weighted by Crippen LogP contribution is -2.24. The molecule has 0 spiro atoms. The molecule has 4 aromatic rings. The second-order valence-corrected chi connectivity index (χ2v) is 8.78. The van der Waals surface area contributed by atoms with Gasteiger partial charge in [0, 0.05) is 50.0 Å². The van der Waals surface area contributed by atoms with Crippen LogP contribution in [0.15, 0.2) is 78.2 Å². The maximum Gasteiger partial charge on any atom is 0.230 e. The molecule has 0 aliphatic rings. The summed E-state index contributed by atoms with van der Waals surface area (Å²) in [4.78, 5) is 18.7. The summed E-state index contributed by atoms with van der Waals surface area (Å²) in [6.07, 6.45) is 3.46. The molecular formula is C25H26N6OS. The molecule has 1 amide bonds. The molecular weight excluding hydrogens is 432 g/mol. The number of carbonyl (C=O) groups excluding carboxylic acids is 1. The highest BCUT2D eigenvalue weighted by Crippen LogP contribution is 2.27. The highest BCUT2D eigenvalue weighted by Gasteiger charge is 2.17. The van der Waals surface area contributed by atoms with Crippen LogP contribution in [0.25, 0.3) is 17.1 Å². The number of nitrogens with one attached hydrogen (secondary N) is 1. The molecule has 0 saturated heterocycles. The maximum absolute atomic E-state index is 12.5. The molecule has 0 radical (unpaired) electrons. The molecule has 2 aromatic carbocycles. The fourth-order valence-corrected chi connectivity index (χ4v) is 4.05. The van der Waals surface area contributed by atoms with Crippen molar-refractivity contribution in [2.75, 3.05) is 24.7 Å². The number of thioether (sulfide) groups is 1. The largest absolute Gasteiger partial charge is 0.378 e. The fraction of sp³-hybridized carbons (Fsp3) is 0.200. The van der Waals surface area contributed by atoms with Gasteiger partial charge in [0.15, 0.2) is 11.0 Å². The molecule has 1 N–H and O–H groups in total. The highest BCUT2D eigenvalue weighted by molar-refractivity contribution is 7.99. The summed E-state index contributed by atoms with van der Waals surface area (Å²) in [5, 5.41) is 12.4. The molecule has 0 bridgehead atoms. The van der Waals surface area contributed by atoms with Gasteiger partial charge in [0.2, 0.25) is 5.91 Å². The average Bonchev–Trinajstić information content (AvgIpc) is 3.26. The van der Waals surface area contributed by atoms with E-state index >= 15 is 0 Å².